The second-order valence-corrected chi connectivity index (χ2v) is 12.6. The maximum absolute atomic E-state index is 13.4. The molecule has 2 aromatic carbocycles. The molecule has 5 rings (SSSR count). The van der Waals surface area contributed by atoms with Crippen LogP contribution in [0.1, 0.15) is 62.6 Å². The van der Waals surface area contributed by atoms with E-state index in [1.54, 1.807) is 28.2 Å². The fourth-order valence-corrected chi connectivity index (χ4v) is 7.94. The monoisotopic (exact) mass is 483 g/mol. The molecule has 1 saturated carbocycles. The van der Waals surface area contributed by atoms with E-state index in [1.165, 1.54) is 24.0 Å². The highest BCUT2D eigenvalue weighted by atomic mass is 32.2. The number of benzene rings is 2. The largest absolute Gasteiger partial charge is 0.316 e. The molecule has 1 atom stereocenters. The van der Waals surface area contributed by atoms with Crippen molar-refractivity contribution in [2.24, 2.45) is 5.92 Å². The number of hydrogen-bond donors (Lipinski definition) is 0. The normalized spacial score (nSPS) is 20.6. The Balaban J connectivity index is 1.49. The zero-order valence-electron chi connectivity index (χ0n) is 19.5. The van der Waals surface area contributed by atoms with Gasteiger partial charge in [0.1, 0.15) is 0 Å². The predicted octanol–water partition coefficient (Wildman–Crippen LogP) is 6.17. The molecule has 7 heteroatoms. The van der Waals surface area contributed by atoms with Crippen LogP contribution >= 0.6 is 11.8 Å². The van der Waals surface area contributed by atoms with Crippen LogP contribution in [0.2, 0.25) is 0 Å². The summed E-state index contributed by atoms with van der Waals surface area (Å²) in [6, 6.07) is 14.6. The van der Waals surface area contributed by atoms with E-state index in [-0.39, 0.29) is 0 Å². The number of rotatable bonds is 6. The van der Waals surface area contributed by atoms with Crippen LogP contribution in [0.4, 0.5) is 0 Å². The lowest BCUT2D eigenvalue weighted by molar-refractivity contribution is 0.281. The molecule has 5 nitrogen and oxygen atoms in total. The Morgan fingerprint density at radius 1 is 1.06 bits per heavy atom. The Bertz CT molecular complexity index is 1250. The topological polar surface area (TPSA) is 55.2 Å². The summed E-state index contributed by atoms with van der Waals surface area (Å²) in [5.41, 5.74) is 4.39. The Hall–Kier alpha value is -1.83. The predicted molar refractivity (Wildman–Crippen MR) is 135 cm³/mol. The van der Waals surface area contributed by atoms with Crippen molar-refractivity contribution in [3.63, 3.8) is 0 Å². The number of sulfonamides is 1. The SMILES string of the molecule is Cc1cccc(CSc2nc3cc(S(=O)(=O)N4CCC[C@H](C)C4)ccc3n2C2CCCC2)c1. The van der Waals surface area contributed by atoms with Crippen LogP contribution in [0.15, 0.2) is 52.5 Å². The van der Waals surface area contributed by atoms with Gasteiger partial charge >= 0.3 is 0 Å². The average Bonchev–Trinajstić information content (AvgIpc) is 3.44. The minimum Gasteiger partial charge on any atom is -0.316 e. The Kier molecular flexibility index (Phi) is 6.56. The molecule has 0 amide bonds. The summed E-state index contributed by atoms with van der Waals surface area (Å²) in [5.74, 6) is 1.26. The maximum atomic E-state index is 13.4. The van der Waals surface area contributed by atoms with Gasteiger partial charge in [-0.25, -0.2) is 13.4 Å². The molecule has 0 bridgehead atoms. The van der Waals surface area contributed by atoms with Crippen LogP contribution < -0.4 is 0 Å². The van der Waals surface area contributed by atoms with Gasteiger partial charge in [0, 0.05) is 24.9 Å². The highest BCUT2D eigenvalue weighted by Crippen LogP contribution is 2.38. The number of nitrogens with zero attached hydrogens (tertiary/aromatic N) is 3. The van der Waals surface area contributed by atoms with Crippen LogP contribution in [0.3, 0.4) is 0 Å². The van der Waals surface area contributed by atoms with Crippen molar-refractivity contribution in [2.45, 2.75) is 74.2 Å². The third-order valence-corrected chi connectivity index (χ3v) is 9.91. The first-order valence-corrected chi connectivity index (χ1v) is 14.5. The first kappa shape index (κ1) is 22.9. The van der Waals surface area contributed by atoms with Gasteiger partial charge in [-0.15, -0.1) is 0 Å². The van der Waals surface area contributed by atoms with E-state index in [4.69, 9.17) is 4.98 Å². The highest BCUT2D eigenvalue weighted by molar-refractivity contribution is 7.98. The second-order valence-electron chi connectivity index (χ2n) is 9.74. The summed E-state index contributed by atoms with van der Waals surface area (Å²) in [6.45, 7) is 5.46. The first-order chi connectivity index (χ1) is 15.9. The summed E-state index contributed by atoms with van der Waals surface area (Å²) in [5, 5.41) is 1.000. The number of imidazole rings is 1. The van der Waals surface area contributed by atoms with Crippen molar-refractivity contribution < 1.29 is 8.42 Å². The van der Waals surface area contributed by atoms with Crippen LogP contribution in [0, 0.1) is 12.8 Å². The van der Waals surface area contributed by atoms with E-state index in [2.05, 4.69) is 42.7 Å². The zero-order chi connectivity index (χ0) is 23.0. The third-order valence-electron chi connectivity index (χ3n) is 7.03. The summed E-state index contributed by atoms with van der Waals surface area (Å²) in [7, 11) is -3.49. The number of aryl methyl sites for hydroxylation is 1. The van der Waals surface area contributed by atoms with Gasteiger partial charge in [-0.2, -0.15) is 4.31 Å². The molecule has 1 aliphatic heterocycles. The van der Waals surface area contributed by atoms with Gasteiger partial charge in [-0.3, -0.25) is 0 Å². The summed E-state index contributed by atoms with van der Waals surface area (Å²) >= 11 is 1.76. The number of hydrogen-bond acceptors (Lipinski definition) is 4. The molecule has 0 N–H and O–H groups in total. The molecule has 0 spiro atoms. The van der Waals surface area contributed by atoms with Gasteiger partial charge in [-0.1, -0.05) is 61.4 Å². The number of thioether (sulfide) groups is 1. The molecule has 176 valence electrons. The Morgan fingerprint density at radius 2 is 1.88 bits per heavy atom. The quantitative estimate of drug-likeness (QED) is 0.393. The lowest BCUT2D eigenvalue weighted by Gasteiger charge is -2.30. The summed E-state index contributed by atoms with van der Waals surface area (Å²) in [4.78, 5) is 5.34. The van der Waals surface area contributed by atoms with E-state index >= 15 is 0 Å². The van der Waals surface area contributed by atoms with E-state index in [1.807, 2.05) is 6.07 Å². The highest BCUT2D eigenvalue weighted by Gasteiger charge is 2.30. The fourth-order valence-electron chi connectivity index (χ4n) is 5.30. The van der Waals surface area contributed by atoms with Crippen molar-refractivity contribution in [3.8, 4) is 0 Å². The van der Waals surface area contributed by atoms with Crippen LogP contribution in [-0.4, -0.2) is 35.4 Å². The van der Waals surface area contributed by atoms with E-state index in [9.17, 15) is 8.42 Å². The molecule has 1 saturated heterocycles. The van der Waals surface area contributed by atoms with Crippen LogP contribution in [-0.2, 0) is 15.8 Å². The number of fused-ring (bicyclic) bond motifs is 1. The van der Waals surface area contributed by atoms with Gasteiger partial charge in [-0.05, 0) is 62.3 Å². The molecular formula is C26H33N3O2S2. The van der Waals surface area contributed by atoms with Gasteiger partial charge < -0.3 is 4.57 Å². The van der Waals surface area contributed by atoms with E-state index in [0.717, 1.165) is 47.6 Å². The molecule has 3 aromatic rings. The maximum Gasteiger partial charge on any atom is 0.243 e. The Labute approximate surface area is 201 Å². The van der Waals surface area contributed by atoms with Crippen molar-refractivity contribution in [1.29, 1.82) is 0 Å². The first-order valence-electron chi connectivity index (χ1n) is 12.1. The third kappa shape index (κ3) is 4.73. The molecule has 1 aliphatic carbocycles. The molecule has 1 aromatic heterocycles. The smallest absolute Gasteiger partial charge is 0.243 e. The minimum atomic E-state index is -3.49. The molecule has 0 unspecified atom stereocenters. The van der Waals surface area contributed by atoms with Crippen molar-refractivity contribution in [1.82, 2.24) is 13.9 Å². The van der Waals surface area contributed by atoms with Crippen LogP contribution in [0.5, 0.6) is 0 Å². The van der Waals surface area contributed by atoms with Gasteiger partial charge in [0.2, 0.25) is 10.0 Å². The average molecular weight is 484 g/mol. The van der Waals surface area contributed by atoms with Gasteiger partial charge in [0.05, 0.1) is 15.9 Å². The molecule has 2 heterocycles. The minimum absolute atomic E-state index is 0.371. The molecule has 2 fully saturated rings. The zero-order valence-corrected chi connectivity index (χ0v) is 21.2. The molecule has 0 radical (unpaired) electrons. The standard InChI is InChI=1S/C26H33N3O2S2/c1-19-7-5-9-21(15-19)18-32-26-27-24-16-23(33(30,31)28-14-6-8-20(2)17-28)12-13-25(24)29(26)22-10-3-4-11-22/h5,7,9,12-13,15-16,20,22H,3-4,6,8,10-11,14,17-18H2,1-2H3/t20-/m0/s1. The summed E-state index contributed by atoms with van der Waals surface area (Å²) < 4.78 is 30.7. The summed E-state index contributed by atoms with van der Waals surface area (Å²) in [6.07, 6.45) is 6.83. The fraction of sp³-hybridized carbons (Fsp3) is 0.500. The van der Waals surface area contributed by atoms with Crippen molar-refractivity contribution in [3.05, 3.63) is 53.6 Å². The van der Waals surface area contributed by atoms with Crippen molar-refractivity contribution >= 4 is 32.8 Å². The lowest BCUT2D eigenvalue weighted by atomic mass is 10.0. The van der Waals surface area contributed by atoms with Crippen molar-refractivity contribution in [2.75, 3.05) is 13.1 Å². The van der Waals surface area contributed by atoms with E-state index < -0.39 is 10.0 Å². The second kappa shape index (κ2) is 9.43. The number of piperidine rings is 1. The molecule has 2 aliphatic rings. The Morgan fingerprint density at radius 3 is 2.64 bits per heavy atom. The lowest BCUT2D eigenvalue weighted by Crippen LogP contribution is -2.39. The van der Waals surface area contributed by atoms with E-state index in [0.29, 0.717) is 29.9 Å². The molecule has 33 heavy (non-hydrogen) atoms. The van der Waals surface area contributed by atoms with Crippen LogP contribution in [0.25, 0.3) is 11.0 Å². The van der Waals surface area contributed by atoms with Gasteiger partial charge in [0.15, 0.2) is 5.16 Å². The number of aromatic nitrogens is 2. The molecular weight excluding hydrogens is 450 g/mol. The van der Waals surface area contributed by atoms with Gasteiger partial charge in [0.25, 0.3) is 0 Å².